The minimum Gasteiger partial charge on any atom is -0.256 e. The van der Waals surface area contributed by atoms with Crippen LogP contribution in [0.15, 0.2) is 60.8 Å². The monoisotopic (exact) mass is 365 g/mol. The fourth-order valence-electron chi connectivity index (χ4n) is 6.54. The summed E-state index contributed by atoms with van der Waals surface area (Å²) in [6.07, 6.45) is 7.77. The summed E-state index contributed by atoms with van der Waals surface area (Å²) in [6, 6.07) is 20.3. The van der Waals surface area contributed by atoms with Crippen LogP contribution in [0.1, 0.15) is 62.1 Å². The molecule has 6 rings (SSSR count). The Morgan fingerprint density at radius 1 is 0.857 bits per heavy atom. The summed E-state index contributed by atoms with van der Waals surface area (Å²) in [6.45, 7) is 4.72. The molecule has 140 valence electrons. The lowest BCUT2D eigenvalue weighted by molar-refractivity contribution is 0.420. The van der Waals surface area contributed by atoms with Gasteiger partial charge in [-0.15, -0.1) is 0 Å². The fraction of sp³-hybridized carbons (Fsp3) is 0.370. The van der Waals surface area contributed by atoms with E-state index in [2.05, 4.69) is 68.4 Å². The van der Waals surface area contributed by atoms with Gasteiger partial charge in [0.25, 0.3) is 0 Å². The van der Waals surface area contributed by atoms with Crippen LogP contribution in [0.2, 0.25) is 0 Å². The van der Waals surface area contributed by atoms with Gasteiger partial charge in [-0.25, -0.2) is 0 Å². The van der Waals surface area contributed by atoms with Gasteiger partial charge >= 0.3 is 0 Å². The number of hydrogen-bond acceptors (Lipinski definition) is 1. The Kier molecular flexibility index (Phi) is 3.42. The van der Waals surface area contributed by atoms with Gasteiger partial charge in [-0.3, -0.25) is 4.98 Å². The van der Waals surface area contributed by atoms with Gasteiger partial charge in [0.1, 0.15) is 0 Å². The highest BCUT2D eigenvalue weighted by atomic mass is 14.7. The fourth-order valence-corrected chi connectivity index (χ4v) is 6.54. The summed E-state index contributed by atoms with van der Waals surface area (Å²) < 4.78 is 0. The van der Waals surface area contributed by atoms with Crippen LogP contribution in [-0.4, -0.2) is 4.98 Å². The predicted octanol–water partition coefficient (Wildman–Crippen LogP) is 6.96. The SMILES string of the molecule is CC1(C)c2ccccc2-c2cccc(-c3cc(C4CC5CCC4C5)ccn3)c21. The molecule has 0 radical (unpaired) electrons. The molecule has 2 saturated carbocycles. The molecule has 0 aliphatic heterocycles. The second-order valence-corrected chi connectivity index (χ2v) is 9.65. The van der Waals surface area contributed by atoms with Crippen molar-refractivity contribution in [2.75, 3.05) is 0 Å². The van der Waals surface area contributed by atoms with Crippen molar-refractivity contribution in [3.63, 3.8) is 0 Å². The van der Waals surface area contributed by atoms with E-state index in [1.807, 2.05) is 6.20 Å². The van der Waals surface area contributed by atoms with E-state index in [-0.39, 0.29) is 5.41 Å². The lowest BCUT2D eigenvalue weighted by Crippen LogP contribution is -2.16. The van der Waals surface area contributed by atoms with Crippen molar-refractivity contribution in [3.05, 3.63) is 77.5 Å². The Labute approximate surface area is 167 Å². The van der Waals surface area contributed by atoms with E-state index in [9.17, 15) is 0 Å². The van der Waals surface area contributed by atoms with Gasteiger partial charge in [0.2, 0.25) is 0 Å². The summed E-state index contributed by atoms with van der Waals surface area (Å²) in [5.41, 5.74) is 9.62. The molecule has 2 bridgehead atoms. The van der Waals surface area contributed by atoms with Crippen molar-refractivity contribution < 1.29 is 0 Å². The third-order valence-corrected chi connectivity index (χ3v) is 7.81. The molecule has 3 unspecified atom stereocenters. The number of pyridine rings is 1. The Balaban J connectivity index is 1.49. The lowest BCUT2D eigenvalue weighted by Gasteiger charge is -2.25. The maximum atomic E-state index is 4.85. The molecule has 3 atom stereocenters. The zero-order valence-electron chi connectivity index (χ0n) is 16.8. The van der Waals surface area contributed by atoms with Crippen molar-refractivity contribution in [2.24, 2.45) is 11.8 Å². The highest BCUT2D eigenvalue weighted by Gasteiger charge is 2.41. The molecule has 3 aliphatic rings. The van der Waals surface area contributed by atoms with Crippen molar-refractivity contribution >= 4 is 0 Å². The summed E-state index contributed by atoms with van der Waals surface area (Å²) in [7, 11) is 0. The second-order valence-electron chi connectivity index (χ2n) is 9.65. The van der Waals surface area contributed by atoms with Gasteiger partial charge < -0.3 is 0 Å². The van der Waals surface area contributed by atoms with E-state index in [0.29, 0.717) is 0 Å². The molecular formula is C27H27N. The molecule has 1 heteroatoms. The van der Waals surface area contributed by atoms with Gasteiger partial charge in [0.15, 0.2) is 0 Å². The molecule has 0 amide bonds. The molecule has 1 aromatic heterocycles. The summed E-state index contributed by atoms with van der Waals surface area (Å²) in [5.74, 6) is 2.63. The van der Waals surface area contributed by atoms with E-state index < -0.39 is 0 Å². The average molecular weight is 366 g/mol. The van der Waals surface area contributed by atoms with Crippen LogP contribution in [0.4, 0.5) is 0 Å². The minimum absolute atomic E-state index is 0.00658. The highest BCUT2D eigenvalue weighted by molar-refractivity contribution is 5.87. The van der Waals surface area contributed by atoms with E-state index in [1.165, 1.54) is 59.1 Å². The average Bonchev–Trinajstić information content (AvgIpc) is 3.42. The Morgan fingerprint density at radius 2 is 1.68 bits per heavy atom. The zero-order chi connectivity index (χ0) is 18.9. The van der Waals surface area contributed by atoms with Crippen LogP contribution >= 0.6 is 0 Å². The van der Waals surface area contributed by atoms with E-state index in [4.69, 9.17) is 4.98 Å². The van der Waals surface area contributed by atoms with Crippen LogP contribution in [0.5, 0.6) is 0 Å². The van der Waals surface area contributed by atoms with Crippen LogP contribution in [0.25, 0.3) is 22.4 Å². The molecule has 3 aromatic rings. The first-order valence-corrected chi connectivity index (χ1v) is 10.8. The van der Waals surface area contributed by atoms with Crippen LogP contribution in [0.3, 0.4) is 0 Å². The van der Waals surface area contributed by atoms with Gasteiger partial charge in [-0.1, -0.05) is 62.7 Å². The van der Waals surface area contributed by atoms with Crippen molar-refractivity contribution in [1.29, 1.82) is 0 Å². The maximum Gasteiger partial charge on any atom is 0.0708 e. The molecular weight excluding hydrogens is 338 g/mol. The molecule has 0 N–H and O–H groups in total. The van der Waals surface area contributed by atoms with Crippen molar-refractivity contribution in [3.8, 4) is 22.4 Å². The standard InChI is InChI=1S/C27H27N/c1-27(2)24-9-4-3-6-20(24)21-7-5-8-22(26(21)27)25-16-19(12-13-28-25)23-15-17-10-11-18(23)14-17/h3-9,12-13,16-18,23H,10-11,14-15H2,1-2H3. The first kappa shape index (κ1) is 16.5. The highest BCUT2D eigenvalue weighted by Crippen LogP contribution is 2.54. The summed E-state index contributed by atoms with van der Waals surface area (Å²) in [4.78, 5) is 4.85. The molecule has 2 fully saturated rings. The van der Waals surface area contributed by atoms with Gasteiger partial charge in [0, 0.05) is 17.2 Å². The molecule has 2 aromatic carbocycles. The third kappa shape index (κ3) is 2.22. The Hall–Kier alpha value is -2.41. The van der Waals surface area contributed by atoms with E-state index in [1.54, 1.807) is 0 Å². The maximum absolute atomic E-state index is 4.85. The normalized spacial score (nSPS) is 26.3. The van der Waals surface area contributed by atoms with Crippen molar-refractivity contribution in [1.82, 2.24) is 4.98 Å². The van der Waals surface area contributed by atoms with Gasteiger partial charge in [0.05, 0.1) is 5.69 Å². The molecule has 28 heavy (non-hydrogen) atoms. The quantitative estimate of drug-likeness (QED) is 0.478. The summed E-state index contributed by atoms with van der Waals surface area (Å²) >= 11 is 0. The number of rotatable bonds is 2. The number of aromatic nitrogens is 1. The predicted molar refractivity (Wildman–Crippen MR) is 115 cm³/mol. The van der Waals surface area contributed by atoms with E-state index in [0.717, 1.165) is 23.4 Å². The minimum atomic E-state index is 0.00658. The molecule has 1 heterocycles. The smallest absolute Gasteiger partial charge is 0.0708 e. The molecule has 0 spiro atoms. The van der Waals surface area contributed by atoms with Gasteiger partial charge in [-0.2, -0.15) is 0 Å². The topological polar surface area (TPSA) is 12.9 Å². The van der Waals surface area contributed by atoms with Crippen LogP contribution in [0, 0.1) is 11.8 Å². The molecule has 0 saturated heterocycles. The number of fused-ring (bicyclic) bond motifs is 5. The van der Waals surface area contributed by atoms with Crippen LogP contribution < -0.4 is 0 Å². The Morgan fingerprint density at radius 3 is 2.50 bits per heavy atom. The Bertz CT molecular complexity index is 1080. The molecule has 1 nitrogen and oxygen atoms in total. The number of benzene rings is 2. The molecule has 3 aliphatic carbocycles. The first-order chi connectivity index (χ1) is 13.6. The van der Waals surface area contributed by atoms with Crippen molar-refractivity contribution in [2.45, 2.75) is 50.9 Å². The van der Waals surface area contributed by atoms with Crippen LogP contribution in [-0.2, 0) is 5.41 Å². The first-order valence-electron chi connectivity index (χ1n) is 10.8. The zero-order valence-corrected chi connectivity index (χ0v) is 16.8. The van der Waals surface area contributed by atoms with Gasteiger partial charge in [-0.05, 0) is 77.0 Å². The summed E-state index contributed by atoms with van der Waals surface area (Å²) in [5, 5.41) is 0. The second kappa shape index (κ2) is 5.80. The largest absolute Gasteiger partial charge is 0.256 e. The van der Waals surface area contributed by atoms with E-state index >= 15 is 0 Å². The third-order valence-electron chi connectivity index (χ3n) is 7.81. The lowest BCUT2D eigenvalue weighted by atomic mass is 9.79. The number of nitrogens with zero attached hydrogens (tertiary/aromatic N) is 1. The number of hydrogen-bond donors (Lipinski definition) is 0.